The minimum Gasteiger partial charge on any atom is -0.489 e. The van der Waals surface area contributed by atoms with Crippen LogP contribution in [0.4, 0.5) is 13.2 Å². The summed E-state index contributed by atoms with van der Waals surface area (Å²) in [6, 6.07) is 12.9. The summed E-state index contributed by atoms with van der Waals surface area (Å²) in [4.78, 5) is 0. The van der Waals surface area contributed by atoms with Crippen LogP contribution in [0.3, 0.4) is 0 Å². The number of alkyl halides is 3. The molecule has 2 aromatic carbocycles. The van der Waals surface area contributed by atoms with E-state index in [2.05, 4.69) is 20.8 Å². The number of benzene rings is 2. The largest absolute Gasteiger partial charge is 0.489 e. The van der Waals surface area contributed by atoms with Gasteiger partial charge in [-0.1, -0.05) is 51.1 Å². The molecular formula is C19H21F3O. The molecule has 4 heteroatoms. The minimum atomic E-state index is -4.35. The fourth-order valence-corrected chi connectivity index (χ4v) is 2.29. The lowest BCUT2D eigenvalue weighted by Gasteiger charge is -2.18. The molecule has 2 aromatic rings. The molecule has 0 aliphatic heterocycles. The fraction of sp³-hybridized carbons (Fsp3) is 0.368. The van der Waals surface area contributed by atoms with Crippen molar-refractivity contribution >= 4 is 0 Å². The van der Waals surface area contributed by atoms with Gasteiger partial charge in [-0.2, -0.15) is 13.2 Å². The van der Waals surface area contributed by atoms with E-state index < -0.39 is 11.7 Å². The first kappa shape index (κ1) is 17.4. The average Bonchev–Trinajstić information content (AvgIpc) is 2.44. The number of ether oxygens (including phenoxy) is 1. The van der Waals surface area contributed by atoms with Gasteiger partial charge in [-0.25, -0.2) is 0 Å². The molecule has 0 spiro atoms. The predicted molar refractivity (Wildman–Crippen MR) is 85.4 cm³/mol. The number of rotatable bonds is 4. The summed E-state index contributed by atoms with van der Waals surface area (Å²) in [5.74, 6) is 0.221. The van der Waals surface area contributed by atoms with E-state index in [1.807, 2.05) is 24.3 Å². The van der Waals surface area contributed by atoms with E-state index in [1.165, 1.54) is 17.7 Å². The Morgan fingerprint density at radius 3 is 2.04 bits per heavy atom. The molecule has 0 heterocycles. The molecule has 23 heavy (non-hydrogen) atoms. The third-order valence-corrected chi connectivity index (χ3v) is 3.32. The van der Waals surface area contributed by atoms with Gasteiger partial charge >= 0.3 is 6.18 Å². The number of hydrogen-bond acceptors (Lipinski definition) is 1. The van der Waals surface area contributed by atoms with Crippen LogP contribution in [0.1, 0.15) is 37.5 Å². The Morgan fingerprint density at radius 1 is 0.870 bits per heavy atom. The van der Waals surface area contributed by atoms with E-state index >= 15 is 0 Å². The molecule has 0 aliphatic rings. The van der Waals surface area contributed by atoms with Gasteiger partial charge in [0, 0.05) is 0 Å². The molecule has 0 saturated heterocycles. The van der Waals surface area contributed by atoms with Crippen molar-refractivity contribution in [1.29, 1.82) is 0 Å². The standard InChI is InChI=1S/C19H21F3O/c1-18(2,3)12-14-7-9-15(10-8-14)13-23-17-6-4-5-16(11-17)19(20,21)22/h4-11H,12-13H2,1-3H3. The van der Waals surface area contributed by atoms with Gasteiger partial charge in [0.15, 0.2) is 0 Å². The lowest BCUT2D eigenvalue weighted by atomic mass is 9.88. The third kappa shape index (κ3) is 5.62. The van der Waals surface area contributed by atoms with Crippen LogP contribution in [0.25, 0.3) is 0 Å². The van der Waals surface area contributed by atoms with Gasteiger partial charge < -0.3 is 4.74 Å². The summed E-state index contributed by atoms with van der Waals surface area (Å²) >= 11 is 0. The van der Waals surface area contributed by atoms with Crippen molar-refractivity contribution in [1.82, 2.24) is 0 Å². The Kier molecular flexibility index (Phi) is 5.03. The molecule has 0 bridgehead atoms. The zero-order valence-electron chi connectivity index (χ0n) is 13.6. The highest BCUT2D eigenvalue weighted by atomic mass is 19.4. The second-order valence-electron chi connectivity index (χ2n) is 6.87. The maximum Gasteiger partial charge on any atom is 0.416 e. The highest BCUT2D eigenvalue weighted by molar-refractivity contribution is 5.31. The molecular weight excluding hydrogens is 301 g/mol. The first-order valence-electron chi connectivity index (χ1n) is 7.51. The first-order chi connectivity index (χ1) is 10.6. The van der Waals surface area contributed by atoms with Crippen molar-refractivity contribution in [2.24, 2.45) is 5.41 Å². The van der Waals surface area contributed by atoms with E-state index in [0.29, 0.717) is 0 Å². The molecule has 0 aromatic heterocycles. The smallest absolute Gasteiger partial charge is 0.416 e. The Labute approximate surface area is 135 Å². The topological polar surface area (TPSA) is 9.23 Å². The quantitative estimate of drug-likeness (QED) is 0.683. The van der Waals surface area contributed by atoms with Crippen LogP contribution in [-0.2, 0) is 19.2 Å². The average molecular weight is 322 g/mol. The van der Waals surface area contributed by atoms with Crippen molar-refractivity contribution in [3.63, 3.8) is 0 Å². The van der Waals surface area contributed by atoms with Crippen LogP contribution in [-0.4, -0.2) is 0 Å². The molecule has 0 saturated carbocycles. The third-order valence-electron chi connectivity index (χ3n) is 3.32. The molecule has 2 rings (SSSR count). The van der Waals surface area contributed by atoms with Crippen LogP contribution in [0.2, 0.25) is 0 Å². The molecule has 0 aliphatic carbocycles. The normalized spacial score (nSPS) is 12.3. The van der Waals surface area contributed by atoms with Gasteiger partial charge in [-0.05, 0) is 41.2 Å². The van der Waals surface area contributed by atoms with Gasteiger partial charge in [0.25, 0.3) is 0 Å². The van der Waals surface area contributed by atoms with E-state index in [4.69, 9.17) is 4.74 Å². The fourth-order valence-electron chi connectivity index (χ4n) is 2.29. The maximum atomic E-state index is 12.7. The molecule has 0 unspecified atom stereocenters. The molecule has 0 fully saturated rings. The van der Waals surface area contributed by atoms with Crippen LogP contribution in [0.5, 0.6) is 5.75 Å². The lowest BCUT2D eigenvalue weighted by Crippen LogP contribution is -2.09. The second-order valence-corrected chi connectivity index (χ2v) is 6.87. The molecule has 0 radical (unpaired) electrons. The summed E-state index contributed by atoms with van der Waals surface area (Å²) in [7, 11) is 0. The van der Waals surface area contributed by atoms with Crippen LogP contribution in [0.15, 0.2) is 48.5 Å². The second kappa shape index (κ2) is 6.65. The van der Waals surface area contributed by atoms with Crippen LogP contribution in [0, 0.1) is 5.41 Å². The van der Waals surface area contributed by atoms with Crippen molar-refractivity contribution in [3.8, 4) is 5.75 Å². The molecule has 0 N–H and O–H groups in total. The zero-order valence-corrected chi connectivity index (χ0v) is 13.6. The van der Waals surface area contributed by atoms with Crippen molar-refractivity contribution < 1.29 is 17.9 Å². The highest BCUT2D eigenvalue weighted by Crippen LogP contribution is 2.31. The Bertz CT molecular complexity index is 637. The summed E-state index contributed by atoms with van der Waals surface area (Å²) in [5.41, 5.74) is 1.69. The van der Waals surface area contributed by atoms with Crippen LogP contribution >= 0.6 is 0 Å². The van der Waals surface area contributed by atoms with Crippen molar-refractivity contribution in [2.75, 3.05) is 0 Å². The van der Waals surface area contributed by atoms with Gasteiger partial charge in [-0.15, -0.1) is 0 Å². The number of halogens is 3. The van der Waals surface area contributed by atoms with E-state index in [-0.39, 0.29) is 17.8 Å². The molecule has 1 nitrogen and oxygen atoms in total. The van der Waals surface area contributed by atoms with Crippen molar-refractivity contribution in [3.05, 3.63) is 65.2 Å². The van der Waals surface area contributed by atoms with E-state index in [0.717, 1.165) is 24.1 Å². The first-order valence-corrected chi connectivity index (χ1v) is 7.51. The summed E-state index contributed by atoms with van der Waals surface area (Å²) in [5, 5.41) is 0. The van der Waals surface area contributed by atoms with Crippen LogP contribution < -0.4 is 4.74 Å². The zero-order chi connectivity index (χ0) is 17.1. The Balaban J connectivity index is 1.99. The SMILES string of the molecule is CC(C)(C)Cc1ccc(COc2cccc(C(F)(F)F)c2)cc1. The minimum absolute atomic E-state index is 0.218. The van der Waals surface area contributed by atoms with Gasteiger partial charge in [-0.3, -0.25) is 0 Å². The number of hydrogen-bond donors (Lipinski definition) is 0. The Morgan fingerprint density at radius 2 is 1.48 bits per heavy atom. The van der Waals surface area contributed by atoms with Gasteiger partial charge in [0.2, 0.25) is 0 Å². The summed E-state index contributed by atoms with van der Waals surface area (Å²) in [6.07, 6.45) is -3.38. The van der Waals surface area contributed by atoms with E-state index in [1.54, 1.807) is 0 Å². The summed E-state index contributed by atoms with van der Waals surface area (Å²) in [6.45, 7) is 6.78. The molecule has 124 valence electrons. The van der Waals surface area contributed by atoms with Gasteiger partial charge in [0.05, 0.1) is 5.56 Å². The molecule has 0 atom stereocenters. The Hall–Kier alpha value is -1.97. The van der Waals surface area contributed by atoms with E-state index in [9.17, 15) is 13.2 Å². The monoisotopic (exact) mass is 322 g/mol. The predicted octanol–water partition coefficient (Wildman–Crippen LogP) is 5.87. The highest BCUT2D eigenvalue weighted by Gasteiger charge is 2.30. The molecule has 0 amide bonds. The van der Waals surface area contributed by atoms with Crippen molar-refractivity contribution in [2.45, 2.75) is 40.0 Å². The van der Waals surface area contributed by atoms with Gasteiger partial charge in [0.1, 0.15) is 12.4 Å². The lowest BCUT2D eigenvalue weighted by molar-refractivity contribution is -0.137. The maximum absolute atomic E-state index is 12.7. The summed E-state index contributed by atoms with van der Waals surface area (Å²) < 4.78 is 43.4.